The van der Waals surface area contributed by atoms with E-state index in [0.29, 0.717) is 25.0 Å². The van der Waals surface area contributed by atoms with Gasteiger partial charge in [0.05, 0.1) is 25.4 Å². The molecule has 0 aliphatic carbocycles. The zero-order chi connectivity index (χ0) is 42.2. The lowest BCUT2D eigenvalue weighted by atomic mass is 10.1. The minimum atomic E-state index is -4.40. The molecular formula is C47H82NO9P. The van der Waals surface area contributed by atoms with Crippen LogP contribution in [0.15, 0.2) is 60.8 Å². The van der Waals surface area contributed by atoms with Crippen LogP contribution in [0.1, 0.15) is 181 Å². The lowest BCUT2D eigenvalue weighted by Crippen LogP contribution is -2.29. The van der Waals surface area contributed by atoms with Crippen molar-refractivity contribution in [2.45, 2.75) is 199 Å². The average Bonchev–Trinajstić information content (AvgIpc) is 3.97. The van der Waals surface area contributed by atoms with Gasteiger partial charge in [0, 0.05) is 19.4 Å². The van der Waals surface area contributed by atoms with Crippen LogP contribution in [0.3, 0.4) is 0 Å². The second kappa shape index (κ2) is 38.8. The van der Waals surface area contributed by atoms with Crippen LogP contribution >= 0.6 is 7.82 Å². The molecule has 0 radical (unpaired) electrons. The first kappa shape index (κ1) is 53.7. The molecule has 3 unspecified atom stereocenters. The predicted octanol–water partition coefficient (Wildman–Crippen LogP) is 12.3. The van der Waals surface area contributed by atoms with E-state index >= 15 is 0 Å². The Morgan fingerprint density at radius 3 is 1.76 bits per heavy atom. The van der Waals surface area contributed by atoms with E-state index in [0.717, 1.165) is 57.8 Å². The minimum Gasteiger partial charge on any atom is -0.462 e. The van der Waals surface area contributed by atoms with E-state index < -0.39 is 32.5 Å². The summed E-state index contributed by atoms with van der Waals surface area (Å²) in [5.41, 5.74) is 5.35. The van der Waals surface area contributed by atoms with E-state index in [1.54, 1.807) is 0 Å². The second-order valence-electron chi connectivity index (χ2n) is 15.3. The Kier molecular flexibility index (Phi) is 36.0. The van der Waals surface area contributed by atoms with Gasteiger partial charge in [-0.1, -0.05) is 152 Å². The SMILES string of the molecule is CCCCC/C=C\C/C=C\CCCCCCCCCCCC(=O)OC[C@H](COP(=O)(O)OCCN)OC(=O)CCC/C=C\C/C=C\C/C=C\CC1OC1CCCCC. The van der Waals surface area contributed by atoms with Crippen molar-refractivity contribution in [2.24, 2.45) is 5.73 Å². The number of rotatable bonds is 41. The maximum absolute atomic E-state index is 12.6. The zero-order valence-corrected chi connectivity index (χ0v) is 37.4. The zero-order valence-electron chi connectivity index (χ0n) is 36.5. The summed E-state index contributed by atoms with van der Waals surface area (Å²) in [6, 6.07) is 0. The topological polar surface area (TPSA) is 147 Å². The number of allylic oxidation sites excluding steroid dienone is 9. The number of unbranched alkanes of at least 4 members (excludes halogenated alkanes) is 15. The second-order valence-corrected chi connectivity index (χ2v) is 16.8. The van der Waals surface area contributed by atoms with Crippen molar-refractivity contribution in [1.29, 1.82) is 0 Å². The molecule has 11 heteroatoms. The molecule has 3 N–H and O–H groups in total. The largest absolute Gasteiger partial charge is 0.472 e. The normalized spacial score (nSPS) is 17.3. The Balaban J connectivity index is 2.19. The fourth-order valence-electron chi connectivity index (χ4n) is 6.28. The third-order valence-corrected chi connectivity index (χ3v) is 10.8. The third kappa shape index (κ3) is 35.6. The number of carbonyl (C=O) groups excluding carboxylic acids is 2. The van der Waals surface area contributed by atoms with E-state index in [1.807, 2.05) is 6.08 Å². The number of ether oxygens (including phenoxy) is 3. The van der Waals surface area contributed by atoms with Gasteiger partial charge in [-0.3, -0.25) is 18.6 Å². The molecule has 334 valence electrons. The van der Waals surface area contributed by atoms with Crippen molar-refractivity contribution in [3.8, 4) is 0 Å². The number of hydrogen-bond donors (Lipinski definition) is 2. The molecule has 0 aromatic carbocycles. The molecule has 0 spiro atoms. The van der Waals surface area contributed by atoms with Crippen LogP contribution in [-0.2, 0) is 37.4 Å². The van der Waals surface area contributed by atoms with Crippen molar-refractivity contribution in [3.63, 3.8) is 0 Å². The first-order chi connectivity index (χ1) is 28.3. The maximum Gasteiger partial charge on any atom is 0.472 e. The van der Waals surface area contributed by atoms with Crippen molar-refractivity contribution in [3.05, 3.63) is 60.8 Å². The fraction of sp³-hybridized carbons (Fsp3) is 0.745. The van der Waals surface area contributed by atoms with E-state index in [9.17, 15) is 19.0 Å². The number of phosphoric ester groups is 1. The molecule has 58 heavy (non-hydrogen) atoms. The molecular weight excluding hydrogens is 753 g/mol. The van der Waals surface area contributed by atoms with Gasteiger partial charge in [0.2, 0.25) is 0 Å². The minimum absolute atomic E-state index is 0.0398. The molecule has 1 fully saturated rings. The quantitative estimate of drug-likeness (QED) is 0.0200. The third-order valence-electron chi connectivity index (χ3n) is 9.80. The number of carbonyl (C=O) groups is 2. The Hall–Kier alpha value is -2.33. The predicted molar refractivity (Wildman–Crippen MR) is 237 cm³/mol. The summed E-state index contributed by atoms with van der Waals surface area (Å²) in [6.07, 6.45) is 48.6. The molecule has 1 rings (SSSR count). The summed E-state index contributed by atoms with van der Waals surface area (Å²) in [5, 5.41) is 0. The number of hydrogen-bond acceptors (Lipinski definition) is 9. The van der Waals surface area contributed by atoms with Crippen molar-refractivity contribution in [2.75, 3.05) is 26.4 Å². The van der Waals surface area contributed by atoms with Gasteiger partial charge in [0.15, 0.2) is 6.10 Å². The number of epoxide rings is 1. The Morgan fingerprint density at radius 1 is 0.621 bits per heavy atom. The number of esters is 2. The highest BCUT2D eigenvalue weighted by Crippen LogP contribution is 2.43. The highest BCUT2D eigenvalue weighted by Gasteiger charge is 2.36. The monoisotopic (exact) mass is 836 g/mol. The van der Waals surface area contributed by atoms with Gasteiger partial charge in [-0.25, -0.2) is 4.57 Å². The van der Waals surface area contributed by atoms with E-state index in [1.165, 1.54) is 83.5 Å². The summed E-state index contributed by atoms with van der Waals surface area (Å²) in [5.74, 6) is -0.906. The van der Waals surface area contributed by atoms with Gasteiger partial charge in [-0.05, 0) is 77.0 Å². The highest BCUT2D eigenvalue weighted by atomic mass is 31.2. The Morgan fingerprint density at radius 2 is 1.14 bits per heavy atom. The summed E-state index contributed by atoms with van der Waals surface area (Å²) in [4.78, 5) is 34.9. The smallest absolute Gasteiger partial charge is 0.462 e. The average molecular weight is 836 g/mol. The van der Waals surface area contributed by atoms with Crippen LogP contribution in [-0.4, -0.2) is 61.5 Å². The molecule has 0 aromatic rings. The molecule has 1 aliphatic heterocycles. The Labute approximate surface area is 353 Å². The van der Waals surface area contributed by atoms with E-state index in [-0.39, 0.29) is 32.6 Å². The first-order valence-electron chi connectivity index (χ1n) is 22.9. The van der Waals surface area contributed by atoms with Crippen molar-refractivity contribution in [1.82, 2.24) is 0 Å². The van der Waals surface area contributed by atoms with Crippen LogP contribution in [0.5, 0.6) is 0 Å². The van der Waals surface area contributed by atoms with Gasteiger partial charge < -0.3 is 24.8 Å². The molecule has 0 bridgehead atoms. The maximum atomic E-state index is 12.6. The summed E-state index contributed by atoms with van der Waals surface area (Å²) >= 11 is 0. The molecule has 1 heterocycles. The fourth-order valence-corrected chi connectivity index (χ4v) is 7.05. The van der Waals surface area contributed by atoms with Crippen LogP contribution in [0.25, 0.3) is 0 Å². The van der Waals surface area contributed by atoms with E-state index in [4.69, 9.17) is 29.0 Å². The first-order valence-corrected chi connectivity index (χ1v) is 24.4. The molecule has 0 saturated carbocycles. The van der Waals surface area contributed by atoms with E-state index in [2.05, 4.69) is 68.5 Å². The van der Waals surface area contributed by atoms with Gasteiger partial charge in [-0.2, -0.15) is 0 Å². The highest BCUT2D eigenvalue weighted by molar-refractivity contribution is 7.47. The van der Waals surface area contributed by atoms with Crippen LogP contribution in [0.2, 0.25) is 0 Å². The van der Waals surface area contributed by atoms with Crippen molar-refractivity contribution >= 4 is 19.8 Å². The van der Waals surface area contributed by atoms with Crippen LogP contribution < -0.4 is 5.73 Å². The summed E-state index contributed by atoms with van der Waals surface area (Å²) in [6.45, 7) is 3.60. The molecule has 10 nitrogen and oxygen atoms in total. The van der Waals surface area contributed by atoms with Gasteiger partial charge in [0.25, 0.3) is 0 Å². The van der Waals surface area contributed by atoms with Crippen molar-refractivity contribution < 1.29 is 42.3 Å². The van der Waals surface area contributed by atoms with Crippen LogP contribution in [0, 0.1) is 0 Å². The van der Waals surface area contributed by atoms with Gasteiger partial charge >= 0.3 is 19.8 Å². The van der Waals surface area contributed by atoms with Crippen LogP contribution in [0.4, 0.5) is 0 Å². The standard InChI is InChI=1S/C47H82NO9P/c1-3-5-7-8-9-10-11-12-13-14-15-16-17-18-19-23-26-29-33-37-46(49)53-41-43(42-55-58(51,52)54-40-39-48)56-47(50)38-34-30-27-24-21-20-22-25-28-32-36-45-44(57-45)35-31-6-4-2/h9-10,12-13,20,22,24,27-28,32,43-45H,3-8,11,14-19,21,23,25-26,29-31,33-42,48H2,1-2H3,(H,51,52)/b10-9-,13-12-,22-20-,27-24-,32-28-/t43-,44?,45?/m1/s1. The van der Waals surface area contributed by atoms with Gasteiger partial charge in [0.1, 0.15) is 6.61 Å². The summed E-state index contributed by atoms with van der Waals surface area (Å²) < 4.78 is 38.5. The Bertz CT molecular complexity index is 1200. The molecule has 4 atom stereocenters. The lowest BCUT2D eigenvalue weighted by molar-refractivity contribution is -0.161. The molecule has 0 amide bonds. The lowest BCUT2D eigenvalue weighted by Gasteiger charge is -2.19. The molecule has 0 aromatic heterocycles. The summed E-state index contributed by atoms with van der Waals surface area (Å²) in [7, 11) is -4.40. The molecule has 1 saturated heterocycles. The number of phosphoric acid groups is 1. The number of nitrogens with two attached hydrogens (primary N) is 1. The molecule has 1 aliphatic rings. The van der Waals surface area contributed by atoms with Gasteiger partial charge in [-0.15, -0.1) is 0 Å².